The largest absolute Gasteiger partial charge is 0.392 e. The average molecular weight is 296 g/mol. The molecule has 0 aromatic heterocycles. The lowest BCUT2D eigenvalue weighted by Crippen LogP contribution is -2.13. The highest BCUT2D eigenvalue weighted by atomic mass is 32.2. The van der Waals surface area contributed by atoms with Crippen LogP contribution in [0.4, 0.5) is 0 Å². The lowest BCUT2D eigenvalue weighted by molar-refractivity contribution is 0.343. The van der Waals surface area contributed by atoms with Gasteiger partial charge in [0.1, 0.15) is 0 Å². The standard InChI is InChI=1S/C14H16O.CH4O3S/c1-14(2,11-7-4-8-12-15)13-9-5-3-6-10-13;1-5(2,3)4/h3-6,8-10,15H,12H2,1-2H3;1H3,(H,2,3,4). The molecule has 110 valence electrons. The summed E-state index contributed by atoms with van der Waals surface area (Å²) in [5, 5.41) is 8.56. The lowest BCUT2D eigenvalue weighted by atomic mass is 9.85. The van der Waals surface area contributed by atoms with Gasteiger partial charge in [-0.2, -0.15) is 8.42 Å². The zero-order valence-electron chi connectivity index (χ0n) is 11.9. The molecule has 0 aliphatic carbocycles. The Morgan fingerprint density at radius 1 is 1.25 bits per heavy atom. The van der Waals surface area contributed by atoms with Crippen molar-refractivity contribution in [1.29, 1.82) is 0 Å². The summed E-state index contributed by atoms with van der Waals surface area (Å²) in [6.07, 6.45) is 4.03. The number of hydrogen-bond acceptors (Lipinski definition) is 3. The molecule has 1 aromatic rings. The SMILES string of the molecule is CC(C)(C#CC=CCO)c1ccccc1.CS(=O)(=O)O. The van der Waals surface area contributed by atoms with Crippen LogP contribution in [-0.4, -0.2) is 30.9 Å². The summed E-state index contributed by atoms with van der Waals surface area (Å²) in [6, 6.07) is 10.2. The second kappa shape index (κ2) is 8.54. The van der Waals surface area contributed by atoms with Crippen LogP contribution < -0.4 is 0 Å². The van der Waals surface area contributed by atoms with Crippen LogP contribution in [0.5, 0.6) is 0 Å². The van der Waals surface area contributed by atoms with Crippen molar-refractivity contribution in [2.75, 3.05) is 12.9 Å². The first kappa shape index (κ1) is 18.4. The van der Waals surface area contributed by atoms with Crippen molar-refractivity contribution in [3.63, 3.8) is 0 Å². The number of allylic oxidation sites excluding steroid dienone is 1. The second-order valence-electron chi connectivity index (χ2n) is 4.58. The zero-order chi connectivity index (χ0) is 15.6. The fraction of sp³-hybridized carbons (Fsp3) is 0.333. The molecule has 0 amide bonds. The van der Waals surface area contributed by atoms with E-state index in [1.807, 2.05) is 18.2 Å². The zero-order valence-corrected chi connectivity index (χ0v) is 12.7. The second-order valence-corrected chi connectivity index (χ2v) is 6.04. The van der Waals surface area contributed by atoms with E-state index in [4.69, 9.17) is 9.66 Å². The molecule has 0 radical (unpaired) electrons. The first-order chi connectivity index (χ1) is 9.17. The molecule has 2 N–H and O–H groups in total. The summed E-state index contributed by atoms with van der Waals surface area (Å²) in [7, 11) is -3.67. The summed E-state index contributed by atoms with van der Waals surface area (Å²) >= 11 is 0. The van der Waals surface area contributed by atoms with E-state index in [1.54, 1.807) is 12.2 Å². The van der Waals surface area contributed by atoms with E-state index in [0.29, 0.717) is 6.26 Å². The number of benzene rings is 1. The third kappa shape index (κ3) is 10.3. The molecule has 0 spiro atoms. The number of hydrogen-bond donors (Lipinski definition) is 2. The van der Waals surface area contributed by atoms with Crippen molar-refractivity contribution in [3.8, 4) is 11.8 Å². The van der Waals surface area contributed by atoms with E-state index in [0.717, 1.165) is 0 Å². The van der Waals surface area contributed by atoms with Crippen molar-refractivity contribution in [3.05, 3.63) is 48.0 Å². The van der Waals surface area contributed by atoms with Crippen molar-refractivity contribution in [2.45, 2.75) is 19.3 Å². The van der Waals surface area contributed by atoms with E-state index in [1.165, 1.54) is 5.56 Å². The smallest absolute Gasteiger partial charge is 0.261 e. The quantitative estimate of drug-likeness (QED) is 0.647. The Kier molecular flexibility index (Phi) is 7.85. The van der Waals surface area contributed by atoms with Crippen molar-refractivity contribution >= 4 is 10.1 Å². The fourth-order valence-electron chi connectivity index (χ4n) is 1.26. The Balaban J connectivity index is 0.000000621. The third-order valence-corrected chi connectivity index (χ3v) is 2.19. The molecule has 0 fully saturated rings. The van der Waals surface area contributed by atoms with E-state index >= 15 is 0 Å². The van der Waals surface area contributed by atoms with Crippen LogP contribution in [0.15, 0.2) is 42.5 Å². The first-order valence-corrected chi connectivity index (χ1v) is 7.78. The molecule has 0 atom stereocenters. The molecule has 0 heterocycles. The van der Waals surface area contributed by atoms with Gasteiger partial charge in [0.15, 0.2) is 0 Å². The van der Waals surface area contributed by atoms with Gasteiger partial charge in [-0.05, 0) is 25.5 Å². The predicted octanol–water partition coefficient (Wildman–Crippen LogP) is 2.02. The number of rotatable bonds is 2. The summed E-state index contributed by atoms with van der Waals surface area (Å²) in [5.41, 5.74) is 1.05. The van der Waals surface area contributed by atoms with E-state index in [2.05, 4.69) is 37.8 Å². The van der Waals surface area contributed by atoms with Gasteiger partial charge in [0.05, 0.1) is 18.3 Å². The van der Waals surface area contributed by atoms with Gasteiger partial charge in [-0.3, -0.25) is 4.55 Å². The molecule has 0 aliphatic rings. The molecule has 1 aromatic carbocycles. The Hall–Kier alpha value is -1.61. The van der Waals surface area contributed by atoms with Crippen LogP contribution in [0.3, 0.4) is 0 Å². The highest BCUT2D eigenvalue weighted by molar-refractivity contribution is 7.85. The maximum absolute atomic E-state index is 9.19. The monoisotopic (exact) mass is 296 g/mol. The highest BCUT2D eigenvalue weighted by Crippen LogP contribution is 2.21. The summed E-state index contributed by atoms with van der Waals surface area (Å²) in [4.78, 5) is 0. The van der Waals surface area contributed by atoms with E-state index in [-0.39, 0.29) is 12.0 Å². The Bertz CT molecular complexity index is 567. The van der Waals surface area contributed by atoms with Gasteiger partial charge in [-0.15, -0.1) is 0 Å². The molecular formula is C15H20O4S. The van der Waals surface area contributed by atoms with Gasteiger partial charge >= 0.3 is 0 Å². The Morgan fingerprint density at radius 2 is 1.75 bits per heavy atom. The van der Waals surface area contributed by atoms with Crippen LogP contribution in [0.2, 0.25) is 0 Å². The topological polar surface area (TPSA) is 74.6 Å². The van der Waals surface area contributed by atoms with E-state index < -0.39 is 10.1 Å². The van der Waals surface area contributed by atoms with Gasteiger partial charge in [0.2, 0.25) is 0 Å². The average Bonchev–Trinajstić information content (AvgIpc) is 2.34. The first-order valence-electron chi connectivity index (χ1n) is 5.93. The molecule has 0 saturated carbocycles. The Morgan fingerprint density at radius 3 is 2.20 bits per heavy atom. The summed E-state index contributed by atoms with van der Waals surface area (Å²) < 4.78 is 25.9. The van der Waals surface area contributed by atoms with Crippen molar-refractivity contribution in [1.82, 2.24) is 0 Å². The lowest BCUT2D eigenvalue weighted by Gasteiger charge is -2.17. The molecule has 0 bridgehead atoms. The van der Waals surface area contributed by atoms with Gasteiger partial charge in [0, 0.05) is 0 Å². The molecule has 1 rings (SSSR count). The van der Waals surface area contributed by atoms with Gasteiger partial charge in [0.25, 0.3) is 10.1 Å². The van der Waals surface area contributed by atoms with Crippen LogP contribution in [-0.2, 0) is 15.5 Å². The Labute approximate surface area is 120 Å². The van der Waals surface area contributed by atoms with E-state index in [9.17, 15) is 8.42 Å². The molecule has 0 unspecified atom stereocenters. The minimum atomic E-state index is -3.67. The van der Waals surface area contributed by atoms with Crippen molar-refractivity contribution < 1.29 is 18.1 Å². The van der Waals surface area contributed by atoms with Gasteiger partial charge in [-0.1, -0.05) is 48.2 Å². The normalized spacial score (nSPS) is 11.2. The summed E-state index contributed by atoms with van der Waals surface area (Å²) in [6.45, 7) is 4.21. The number of aliphatic hydroxyl groups excluding tert-OH is 1. The third-order valence-electron chi connectivity index (χ3n) is 2.19. The summed E-state index contributed by atoms with van der Waals surface area (Å²) in [5.74, 6) is 6.10. The maximum atomic E-state index is 9.19. The number of aliphatic hydroxyl groups is 1. The van der Waals surface area contributed by atoms with Crippen LogP contribution in [0.25, 0.3) is 0 Å². The molecular weight excluding hydrogens is 276 g/mol. The van der Waals surface area contributed by atoms with Crippen molar-refractivity contribution in [2.24, 2.45) is 0 Å². The highest BCUT2D eigenvalue weighted by Gasteiger charge is 2.15. The van der Waals surface area contributed by atoms with Crippen LogP contribution in [0.1, 0.15) is 19.4 Å². The molecule has 4 nitrogen and oxygen atoms in total. The minimum Gasteiger partial charge on any atom is -0.392 e. The van der Waals surface area contributed by atoms with Gasteiger partial charge in [-0.25, -0.2) is 0 Å². The van der Waals surface area contributed by atoms with Gasteiger partial charge < -0.3 is 5.11 Å². The molecule has 5 heteroatoms. The van der Waals surface area contributed by atoms with Crippen LogP contribution in [0, 0.1) is 11.8 Å². The maximum Gasteiger partial charge on any atom is 0.261 e. The molecule has 0 aliphatic heterocycles. The van der Waals surface area contributed by atoms with Crippen LogP contribution >= 0.6 is 0 Å². The predicted molar refractivity (Wildman–Crippen MR) is 80.9 cm³/mol. The molecule has 20 heavy (non-hydrogen) atoms. The minimum absolute atomic E-state index is 0.0421. The molecule has 0 saturated heterocycles. The fourth-order valence-corrected chi connectivity index (χ4v) is 1.26.